The molecule has 5 atom stereocenters. The summed E-state index contributed by atoms with van der Waals surface area (Å²) >= 11 is 0. The van der Waals surface area contributed by atoms with E-state index in [9.17, 15) is 19.2 Å². The van der Waals surface area contributed by atoms with E-state index in [1.165, 1.54) is 0 Å². The number of esters is 1. The highest BCUT2D eigenvalue weighted by molar-refractivity contribution is 6.09. The third kappa shape index (κ3) is 4.41. The fourth-order valence-corrected chi connectivity index (χ4v) is 4.99. The number of carbonyl (C=O) groups excluding carboxylic acids is 4. The van der Waals surface area contributed by atoms with Gasteiger partial charge in [0.05, 0.1) is 0 Å². The molecule has 1 spiro atoms. The molecule has 0 bridgehead atoms. The number of imide groups is 1. The lowest BCUT2D eigenvalue weighted by Crippen LogP contribution is -2.54. The second kappa shape index (κ2) is 8.71. The molecule has 3 aliphatic rings. The van der Waals surface area contributed by atoms with E-state index in [4.69, 9.17) is 4.74 Å². The summed E-state index contributed by atoms with van der Waals surface area (Å²) in [4.78, 5) is 50.4. The lowest BCUT2D eigenvalue weighted by atomic mass is 9.73. The van der Waals surface area contributed by atoms with Gasteiger partial charge in [-0.05, 0) is 37.0 Å². The predicted octanol–water partition coefficient (Wildman–Crippen LogP) is 1.97. The summed E-state index contributed by atoms with van der Waals surface area (Å²) < 4.78 is 5.04. The number of rotatable bonds is 5. The first-order valence-electron chi connectivity index (χ1n) is 10.8. The molecule has 0 aromatic rings. The minimum atomic E-state index is -0.902. The minimum Gasteiger partial charge on any atom is -0.454 e. The summed E-state index contributed by atoms with van der Waals surface area (Å²) in [7, 11) is 0. The Morgan fingerprint density at radius 1 is 1.14 bits per heavy atom. The molecule has 1 aliphatic heterocycles. The maximum Gasteiger partial charge on any atom is 0.326 e. The molecule has 0 aromatic heterocycles. The molecule has 2 saturated carbocycles. The molecule has 3 rings (SSSR count). The van der Waals surface area contributed by atoms with Crippen LogP contribution in [-0.4, -0.2) is 53.4 Å². The average molecular weight is 408 g/mol. The number of amides is 4. The van der Waals surface area contributed by atoms with Crippen LogP contribution in [0.1, 0.15) is 65.7 Å². The summed E-state index contributed by atoms with van der Waals surface area (Å²) in [5.41, 5.74) is -0.902. The summed E-state index contributed by atoms with van der Waals surface area (Å²) in [6.07, 6.45) is 6.51. The fourth-order valence-electron chi connectivity index (χ4n) is 4.99. The van der Waals surface area contributed by atoms with Crippen LogP contribution in [0.25, 0.3) is 0 Å². The zero-order valence-corrected chi connectivity index (χ0v) is 17.7. The van der Waals surface area contributed by atoms with E-state index in [1.54, 1.807) is 0 Å². The molecule has 1 heterocycles. The van der Waals surface area contributed by atoms with Gasteiger partial charge in [-0.25, -0.2) is 4.79 Å². The number of carbonyl (C=O) groups is 4. The van der Waals surface area contributed by atoms with Crippen molar-refractivity contribution in [3.63, 3.8) is 0 Å². The molecule has 4 amide bonds. The van der Waals surface area contributed by atoms with E-state index in [0.717, 1.165) is 43.4 Å². The lowest BCUT2D eigenvalue weighted by molar-refractivity contribution is -0.151. The molecule has 8 heteroatoms. The lowest BCUT2D eigenvalue weighted by Gasteiger charge is -2.36. The number of ether oxygens (including phenoxy) is 1. The summed E-state index contributed by atoms with van der Waals surface area (Å²) in [6, 6.07) is -0.473. The largest absolute Gasteiger partial charge is 0.454 e. The van der Waals surface area contributed by atoms with Crippen LogP contribution in [0.15, 0.2) is 0 Å². The second-order valence-electron chi connectivity index (χ2n) is 9.04. The Hall–Kier alpha value is -2.12. The van der Waals surface area contributed by atoms with Gasteiger partial charge in [0.1, 0.15) is 12.1 Å². The number of nitrogens with zero attached hydrogens (tertiary/aromatic N) is 1. The van der Waals surface area contributed by atoms with E-state index in [2.05, 4.69) is 24.5 Å². The molecule has 29 heavy (non-hydrogen) atoms. The molecule has 2 N–H and O–H groups in total. The predicted molar refractivity (Wildman–Crippen MR) is 106 cm³/mol. The standard InChI is InChI=1S/C21H33N3O5/c1-13-7-6-9-16(15(13)3)22-17(25)12-29-18(26)11-24-19(27)21(23-20(24)28)10-5-4-8-14(21)2/h13-16H,4-12H2,1-3H3,(H,22,25)(H,23,28)/t13-,14-,15+,16+,21-/m0/s1. The maximum absolute atomic E-state index is 12.9. The molecule has 162 valence electrons. The highest BCUT2D eigenvalue weighted by Crippen LogP contribution is 2.38. The van der Waals surface area contributed by atoms with Crippen molar-refractivity contribution in [2.24, 2.45) is 17.8 Å². The third-order valence-corrected chi connectivity index (χ3v) is 7.21. The van der Waals surface area contributed by atoms with Gasteiger partial charge in [-0.1, -0.05) is 46.5 Å². The van der Waals surface area contributed by atoms with Crippen LogP contribution < -0.4 is 10.6 Å². The van der Waals surface area contributed by atoms with Crippen LogP contribution in [0.3, 0.4) is 0 Å². The van der Waals surface area contributed by atoms with Crippen LogP contribution in [0.2, 0.25) is 0 Å². The van der Waals surface area contributed by atoms with E-state index >= 15 is 0 Å². The van der Waals surface area contributed by atoms with Crippen molar-refractivity contribution in [1.82, 2.24) is 15.5 Å². The highest BCUT2D eigenvalue weighted by atomic mass is 16.5. The van der Waals surface area contributed by atoms with Gasteiger partial charge < -0.3 is 15.4 Å². The topological polar surface area (TPSA) is 105 Å². The zero-order valence-electron chi connectivity index (χ0n) is 17.7. The van der Waals surface area contributed by atoms with Crippen molar-refractivity contribution < 1.29 is 23.9 Å². The van der Waals surface area contributed by atoms with E-state index in [0.29, 0.717) is 18.3 Å². The SMILES string of the molecule is C[C@@H]1[C@@H](C)CCC[C@H]1NC(=O)COC(=O)CN1C(=O)N[C@]2(CCCC[C@@H]2C)C1=O. The van der Waals surface area contributed by atoms with Gasteiger partial charge in [-0.15, -0.1) is 0 Å². The fraction of sp³-hybridized carbons (Fsp3) is 0.810. The molecule has 0 unspecified atom stereocenters. The van der Waals surface area contributed by atoms with Crippen LogP contribution in [0.4, 0.5) is 4.79 Å². The summed E-state index contributed by atoms with van der Waals surface area (Å²) in [6.45, 7) is 5.39. The smallest absolute Gasteiger partial charge is 0.326 e. The molecule has 3 fully saturated rings. The monoisotopic (exact) mass is 407 g/mol. The van der Waals surface area contributed by atoms with Crippen molar-refractivity contribution in [3.05, 3.63) is 0 Å². The normalized spacial score (nSPS) is 34.8. The Kier molecular flexibility index (Phi) is 6.49. The molecule has 2 aliphatic carbocycles. The molecular weight excluding hydrogens is 374 g/mol. The molecular formula is C21H33N3O5. The first-order valence-corrected chi connectivity index (χ1v) is 10.8. The first kappa shape index (κ1) is 21.6. The first-order chi connectivity index (χ1) is 13.7. The summed E-state index contributed by atoms with van der Waals surface area (Å²) in [5.74, 6) is -0.512. The van der Waals surface area contributed by atoms with Gasteiger partial charge in [-0.3, -0.25) is 19.3 Å². The van der Waals surface area contributed by atoms with Crippen LogP contribution in [0, 0.1) is 17.8 Å². The Morgan fingerprint density at radius 2 is 1.90 bits per heavy atom. The average Bonchev–Trinajstić information content (AvgIpc) is 2.91. The minimum absolute atomic E-state index is 0.0272. The zero-order chi connectivity index (χ0) is 21.2. The Labute approximate surface area is 172 Å². The second-order valence-corrected chi connectivity index (χ2v) is 9.04. The maximum atomic E-state index is 12.9. The Bertz CT molecular complexity index is 681. The van der Waals surface area contributed by atoms with E-state index < -0.39 is 30.7 Å². The number of hydrogen-bond acceptors (Lipinski definition) is 5. The molecule has 8 nitrogen and oxygen atoms in total. The van der Waals surface area contributed by atoms with Gasteiger partial charge in [0, 0.05) is 6.04 Å². The van der Waals surface area contributed by atoms with Crippen molar-refractivity contribution in [3.8, 4) is 0 Å². The van der Waals surface area contributed by atoms with Crippen molar-refractivity contribution in [1.29, 1.82) is 0 Å². The van der Waals surface area contributed by atoms with Gasteiger partial charge in [0.2, 0.25) is 0 Å². The number of hydrogen-bond donors (Lipinski definition) is 2. The Balaban J connectivity index is 1.48. The Morgan fingerprint density at radius 3 is 2.62 bits per heavy atom. The molecule has 0 aromatic carbocycles. The van der Waals surface area contributed by atoms with E-state index in [-0.39, 0.29) is 23.8 Å². The molecule has 1 saturated heterocycles. The van der Waals surface area contributed by atoms with Crippen LogP contribution in [0.5, 0.6) is 0 Å². The quantitative estimate of drug-likeness (QED) is 0.536. The number of urea groups is 1. The van der Waals surface area contributed by atoms with Crippen LogP contribution >= 0.6 is 0 Å². The highest BCUT2D eigenvalue weighted by Gasteiger charge is 2.55. The van der Waals surface area contributed by atoms with Crippen molar-refractivity contribution >= 4 is 23.8 Å². The van der Waals surface area contributed by atoms with Crippen molar-refractivity contribution in [2.75, 3.05) is 13.2 Å². The van der Waals surface area contributed by atoms with Gasteiger partial charge >= 0.3 is 12.0 Å². The molecule has 0 radical (unpaired) electrons. The van der Waals surface area contributed by atoms with E-state index in [1.807, 2.05) is 6.92 Å². The van der Waals surface area contributed by atoms with Crippen LogP contribution in [-0.2, 0) is 19.1 Å². The van der Waals surface area contributed by atoms with Gasteiger partial charge in [0.15, 0.2) is 6.61 Å². The number of nitrogens with one attached hydrogen (secondary N) is 2. The van der Waals surface area contributed by atoms with Crippen molar-refractivity contribution in [2.45, 2.75) is 77.3 Å². The van der Waals surface area contributed by atoms with Gasteiger partial charge in [-0.2, -0.15) is 0 Å². The summed E-state index contributed by atoms with van der Waals surface area (Å²) in [5, 5.41) is 5.74. The third-order valence-electron chi connectivity index (χ3n) is 7.21. The van der Waals surface area contributed by atoms with Gasteiger partial charge in [0.25, 0.3) is 11.8 Å².